The fourth-order valence-corrected chi connectivity index (χ4v) is 1.79. The first-order valence-corrected chi connectivity index (χ1v) is 5.38. The van der Waals surface area contributed by atoms with Crippen molar-refractivity contribution in [2.75, 3.05) is 6.26 Å². The predicted molar refractivity (Wildman–Crippen MR) is 48.3 cm³/mol. The van der Waals surface area contributed by atoms with Crippen molar-refractivity contribution in [3.8, 4) is 0 Å². The smallest absolute Gasteiger partial charge is 0.150 e. The van der Waals surface area contributed by atoms with Crippen molar-refractivity contribution in [1.29, 1.82) is 0 Å². The predicted octanol–water partition coefficient (Wildman–Crippen LogP) is 1.55. The Balaban J connectivity index is 4.33. The van der Waals surface area contributed by atoms with Gasteiger partial charge in [0.2, 0.25) is 0 Å². The molecule has 0 aromatic rings. The molecule has 0 unspecified atom stereocenters. The molecule has 0 saturated carbocycles. The highest BCUT2D eigenvalue weighted by Crippen LogP contribution is 2.09. The molecule has 0 rings (SSSR count). The van der Waals surface area contributed by atoms with E-state index in [1.165, 1.54) is 6.26 Å². The van der Waals surface area contributed by atoms with E-state index in [1.54, 1.807) is 12.2 Å². The molecule has 0 heterocycles. The zero-order chi connectivity index (χ0) is 8.91. The Morgan fingerprint density at radius 1 is 1.27 bits per heavy atom. The van der Waals surface area contributed by atoms with Crippen LogP contribution in [-0.4, -0.2) is 19.9 Å². The van der Waals surface area contributed by atoms with Gasteiger partial charge in [-0.05, 0) is 12.8 Å². The minimum Gasteiger partial charge on any atom is -0.229 e. The Kier molecular flexibility index (Phi) is 4.11. The summed E-state index contributed by atoms with van der Waals surface area (Å²) >= 11 is 0. The van der Waals surface area contributed by atoms with Crippen LogP contribution in [0.25, 0.3) is 0 Å². The molecule has 0 N–H and O–H groups in total. The molecule has 0 aliphatic heterocycles. The molecule has 2 nitrogen and oxygen atoms in total. The fourth-order valence-electron chi connectivity index (χ4n) is 0.818. The summed E-state index contributed by atoms with van der Waals surface area (Å²) in [5.41, 5.74) is 0. The summed E-state index contributed by atoms with van der Waals surface area (Å²) in [5.74, 6) is 0. The van der Waals surface area contributed by atoms with Crippen molar-refractivity contribution in [3.63, 3.8) is 0 Å². The maximum absolute atomic E-state index is 11.0. The molecule has 0 atom stereocenters. The second-order valence-electron chi connectivity index (χ2n) is 2.50. The second kappa shape index (κ2) is 4.34. The van der Waals surface area contributed by atoms with E-state index in [2.05, 4.69) is 13.2 Å². The Bertz CT molecular complexity index is 216. The Labute approximate surface area is 68.5 Å². The third-order valence-corrected chi connectivity index (χ3v) is 3.06. The first kappa shape index (κ1) is 10.4. The summed E-state index contributed by atoms with van der Waals surface area (Å²) in [4.78, 5) is 0. The number of hydrogen-bond acceptors (Lipinski definition) is 2. The van der Waals surface area contributed by atoms with Crippen LogP contribution in [0.15, 0.2) is 25.3 Å². The van der Waals surface area contributed by atoms with Crippen LogP contribution in [0.2, 0.25) is 0 Å². The molecule has 0 spiro atoms. The molecule has 0 radical (unpaired) electrons. The van der Waals surface area contributed by atoms with E-state index in [1.807, 2.05) is 0 Å². The van der Waals surface area contributed by atoms with Crippen LogP contribution in [0.1, 0.15) is 12.8 Å². The SMILES string of the molecule is C=CCC(CC=C)S(C)(=O)=O. The highest BCUT2D eigenvalue weighted by Gasteiger charge is 2.16. The van der Waals surface area contributed by atoms with Gasteiger partial charge in [0, 0.05) is 6.26 Å². The monoisotopic (exact) mass is 174 g/mol. The molecular weight excluding hydrogens is 160 g/mol. The van der Waals surface area contributed by atoms with E-state index in [9.17, 15) is 8.42 Å². The van der Waals surface area contributed by atoms with Crippen LogP contribution in [0, 0.1) is 0 Å². The van der Waals surface area contributed by atoms with Crippen molar-refractivity contribution in [1.82, 2.24) is 0 Å². The van der Waals surface area contributed by atoms with Gasteiger partial charge in [-0.15, -0.1) is 13.2 Å². The van der Waals surface area contributed by atoms with Crippen molar-refractivity contribution in [2.45, 2.75) is 18.1 Å². The Morgan fingerprint density at radius 3 is 1.82 bits per heavy atom. The quantitative estimate of drug-likeness (QED) is 0.593. The van der Waals surface area contributed by atoms with Gasteiger partial charge in [-0.25, -0.2) is 8.42 Å². The van der Waals surface area contributed by atoms with Gasteiger partial charge in [-0.1, -0.05) is 12.2 Å². The van der Waals surface area contributed by atoms with Gasteiger partial charge in [-0.2, -0.15) is 0 Å². The molecule has 0 saturated heterocycles. The van der Waals surface area contributed by atoms with Crippen LogP contribution in [-0.2, 0) is 9.84 Å². The van der Waals surface area contributed by atoms with Crippen LogP contribution in [0.4, 0.5) is 0 Å². The van der Waals surface area contributed by atoms with E-state index >= 15 is 0 Å². The molecule has 3 heteroatoms. The summed E-state index contributed by atoms with van der Waals surface area (Å²) in [5, 5.41) is -0.336. The highest BCUT2D eigenvalue weighted by atomic mass is 32.2. The lowest BCUT2D eigenvalue weighted by Crippen LogP contribution is -2.18. The van der Waals surface area contributed by atoms with Crippen molar-refractivity contribution < 1.29 is 8.42 Å². The Hall–Kier alpha value is -0.570. The van der Waals surface area contributed by atoms with Gasteiger partial charge < -0.3 is 0 Å². The van der Waals surface area contributed by atoms with Gasteiger partial charge in [0.25, 0.3) is 0 Å². The average Bonchev–Trinajstić information content (AvgIpc) is 1.85. The minimum atomic E-state index is -2.93. The number of rotatable bonds is 5. The molecule has 0 aliphatic rings. The van der Waals surface area contributed by atoms with Crippen LogP contribution >= 0.6 is 0 Å². The molecule has 64 valence electrons. The van der Waals surface area contributed by atoms with Crippen molar-refractivity contribution in [2.24, 2.45) is 0 Å². The van der Waals surface area contributed by atoms with Gasteiger partial charge in [0.15, 0.2) is 9.84 Å². The lowest BCUT2D eigenvalue weighted by Gasteiger charge is -2.08. The summed E-state index contributed by atoms with van der Waals surface area (Å²) in [6, 6.07) is 0. The van der Waals surface area contributed by atoms with Gasteiger partial charge in [-0.3, -0.25) is 0 Å². The number of hydrogen-bond donors (Lipinski definition) is 0. The van der Waals surface area contributed by atoms with Gasteiger partial charge >= 0.3 is 0 Å². The molecular formula is C8H14O2S. The topological polar surface area (TPSA) is 34.1 Å². The number of allylic oxidation sites excluding steroid dienone is 2. The summed E-state index contributed by atoms with van der Waals surface area (Å²) in [7, 11) is -2.93. The van der Waals surface area contributed by atoms with E-state index in [4.69, 9.17) is 0 Å². The molecule has 0 aromatic heterocycles. The minimum absolute atomic E-state index is 0.336. The average molecular weight is 174 g/mol. The lowest BCUT2D eigenvalue weighted by molar-refractivity contribution is 0.585. The zero-order valence-electron chi connectivity index (χ0n) is 6.79. The molecule has 0 bridgehead atoms. The van der Waals surface area contributed by atoms with Crippen molar-refractivity contribution >= 4 is 9.84 Å². The van der Waals surface area contributed by atoms with Crippen molar-refractivity contribution in [3.05, 3.63) is 25.3 Å². The maximum atomic E-state index is 11.0. The third kappa shape index (κ3) is 3.98. The standard InChI is InChI=1S/C8H14O2S/c1-4-6-8(7-5-2)11(3,9)10/h4-5,8H,1-2,6-7H2,3H3. The molecule has 11 heavy (non-hydrogen) atoms. The first-order valence-electron chi connectivity index (χ1n) is 3.43. The van der Waals surface area contributed by atoms with E-state index in [0.29, 0.717) is 12.8 Å². The molecule has 0 aliphatic carbocycles. The van der Waals surface area contributed by atoms with E-state index < -0.39 is 9.84 Å². The largest absolute Gasteiger partial charge is 0.229 e. The summed E-state index contributed by atoms with van der Waals surface area (Å²) in [6.45, 7) is 7.00. The van der Waals surface area contributed by atoms with Gasteiger partial charge in [0.05, 0.1) is 5.25 Å². The first-order chi connectivity index (χ1) is 5.02. The Morgan fingerprint density at radius 2 is 1.64 bits per heavy atom. The fraction of sp³-hybridized carbons (Fsp3) is 0.500. The van der Waals surface area contributed by atoms with E-state index in [-0.39, 0.29) is 5.25 Å². The van der Waals surface area contributed by atoms with E-state index in [0.717, 1.165) is 0 Å². The molecule has 0 fully saturated rings. The summed E-state index contributed by atoms with van der Waals surface area (Å²) in [6.07, 6.45) is 5.49. The number of sulfone groups is 1. The molecule has 0 amide bonds. The summed E-state index contributed by atoms with van der Waals surface area (Å²) < 4.78 is 22.0. The maximum Gasteiger partial charge on any atom is 0.150 e. The zero-order valence-corrected chi connectivity index (χ0v) is 7.60. The normalized spacial score (nSPS) is 11.5. The lowest BCUT2D eigenvalue weighted by atomic mass is 10.2. The van der Waals surface area contributed by atoms with Crippen LogP contribution < -0.4 is 0 Å². The third-order valence-electron chi connectivity index (χ3n) is 1.46. The molecule has 0 aromatic carbocycles. The highest BCUT2D eigenvalue weighted by molar-refractivity contribution is 7.91. The second-order valence-corrected chi connectivity index (χ2v) is 4.83. The van der Waals surface area contributed by atoms with Gasteiger partial charge in [0.1, 0.15) is 0 Å². The van der Waals surface area contributed by atoms with Crippen LogP contribution in [0.5, 0.6) is 0 Å². The van der Waals surface area contributed by atoms with Crippen LogP contribution in [0.3, 0.4) is 0 Å².